The van der Waals surface area contributed by atoms with E-state index in [1.165, 1.54) is 19.3 Å². The standard InChI is InChI=1S/C23H28N2O3/c1-16(2)28-21-10-6-7-18(15-21)23(27)25-20-13-11-17(12-14-20)22(26)24-19-8-4-3-5-9-19/h6-7,10-16,19H,3-5,8-9H2,1-2H3,(H,24,26)(H,25,27). The molecule has 0 atom stereocenters. The maximum absolute atomic E-state index is 12.5. The summed E-state index contributed by atoms with van der Waals surface area (Å²) in [5.74, 6) is 0.398. The van der Waals surface area contributed by atoms with Gasteiger partial charge in [0.05, 0.1) is 6.10 Å². The number of nitrogens with one attached hydrogen (secondary N) is 2. The molecule has 5 heteroatoms. The Morgan fingerprint density at radius 2 is 1.64 bits per heavy atom. The molecule has 0 saturated heterocycles. The average molecular weight is 380 g/mol. The molecule has 28 heavy (non-hydrogen) atoms. The number of amides is 2. The van der Waals surface area contributed by atoms with E-state index in [0.717, 1.165) is 12.8 Å². The van der Waals surface area contributed by atoms with Crippen LogP contribution in [-0.2, 0) is 0 Å². The molecule has 1 aliphatic carbocycles. The topological polar surface area (TPSA) is 67.4 Å². The fourth-order valence-corrected chi connectivity index (χ4v) is 3.41. The summed E-state index contributed by atoms with van der Waals surface area (Å²) in [4.78, 5) is 24.9. The van der Waals surface area contributed by atoms with Crippen molar-refractivity contribution in [1.82, 2.24) is 5.32 Å². The van der Waals surface area contributed by atoms with Gasteiger partial charge in [-0.2, -0.15) is 0 Å². The first kappa shape index (κ1) is 19.9. The Morgan fingerprint density at radius 3 is 2.32 bits per heavy atom. The number of rotatable bonds is 6. The molecule has 0 radical (unpaired) electrons. The molecule has 2 aromatic carbocycles. The van der Waals surface area contributed by atoms with Crippen LogP contribution < -0.4 is 15.4 Å². The highest BCUT2D eigenvalue weighted by Crippen LogP contribution is 2.19. The van der Waals surface area contributed by atoms with Crippen molar-refractivity contribution < 1.29 is 14.3 Å². The first-order valence-electron chi connectivity index (χ1n) is 10.0. The minimum Gasteiger partial charge on any atom is -0.491 e. The van der Waals surface area contributed by atoms with E-state index in [0.29, 0.717) is 22.6 Å². The van der Waals surface area contributed by atoms with E-state index in [9.17, 15) is 9.59 Å². The van der Waals surface area contributed by atoms with Crippen molar-refractivity contribution in [2.24, 2.45) is 0 Å². The molecular formula is C23H28N2O3. The molecule has 0 bridgehead atoms. The van der Waals surface area contributed by atoms with E-state index in [-0.39, 0.29) is 24.0 Å². The molecule has 1 fully saturated rings. The second kappa shape index (κ2) is 9.40. The molecule has 2 amide bonds. The summed E-state index contributed by atoms with van der Waals surface area (Å²) in [7, 11) is 0. The highest BCUT2D eigenvalue weighted by atomic mass is 16.5. The highest BCUT2D eigenvalue weighted by Gasteiger charge is 2.16. The maximum Gasteiger partial charge on any atom is 0.255 e. The quantitative estimate of drug-likeness (QED) is 0.757. The normalized spacial score (nSPS) is 14.5. The first-order valence-corrected chi connectivity index (χ1v) is 10.0. The zero-order chi connectivity index (χ0) is 19.9. The highest BCUT2D eigenvalue weighted by molar-refractivity contribution is 6.04. The molecule has 0 aliphatic heterocycles. The zero-order valence-electron chi connectivity index (χ0n) is 16.5. The van der Waals surface area contributed by atoms with Crippen molar-refractivity contribution in [2.45, 2.75) is 58.1 Å². The van der Waals surface area contributed by atoms with Gasteiger partial charge in [-0.25, -0.2) is 0 Å². The van der Waals surface area contributed by atoms with Crippen LogP contribution in [0.5, 0.6) is 5.75 Å². The fourth-order valence-electron chi connectivity index (χ4n) is 3.41. The third-order valence-corrected chi connectivity index (χ3v) is 4.81. The predicted molar refractivity (Wildman–Crippen MR) is 111 cm³/mol. The van der Waals surface area contributed by atoms with Crippen LogP contribution in [0.25, 0.3) is 0 Å². The monoisotopic (exact) mass is 380 g/mol. The molecule has 3 rings (SSSR count). The zero-order valence-corrected chi connectivity index (χ0v) is 16.5. The molecular weight excluding hydrogens is 352 g/mol. The average Bonchev–Trinajstić information content (AvgIpc) is 2.69. The summed E-state index contributed by atoms with van der Waals surface area (Å²) in [6.07, 6.45) is 5.77. The largest absolute Gasteiger partial charge is 0.491 e. The van der Waals surface area contributed by atoms with Crippen LogP contribution in [-0.4, -0.2) is 24.0 Å². The Kier molecular flexibility index (Phi) is 6.69. The van der Waals surface area contributed by atoms with Gasteiger partial charge in [-0.3, -0.25) is 9.59 Å². The van der Waals surface area contributed by atoms with Crippen LogP contribution in [0.15, 0.2) is 48.5 Å². The lowest BCUT2D eigenvalue weighted by Crippen LogP contribution is -2.36. The number of carbonyl (C=O) groups is 2. The number of hydrogen-bond donors (Lipinski definition) is 2. The van der Waals surface area contributed by atoms with Crippen molar-refractivity contribution >= 4 is 17.5 Å². The van der Waals surface area contributed by atoms with Gasteiger partial charge in [0.2, 0.25) is 0 Å². The van der Waals surface area contributed by atoms with E-state index in [4.69, 9.17) is 4.74 Å². The number of ether oxygens (including phenoxy) is 1. The molecule has 5 nitrogen and oxygen atoms in total. The van der Waals surface area contributed by atoms with E-state index in [1.54, 1.807) is 42.5 Å². The van der Waals surface area contributed by atoms with Crippen molar-refractivity contribution in [3.05, 3.63) is 59.7 Å². The van der Waals surface area contributed by atoms with Gasteiger partial charge in [0.25, 0.3) is 11.8 Å². The van der Waals surface area contributed by atoms with Crippen LogP contribution in [0.4, 0.5) is 5.69 Å². The van der Waals surface area contributed by atoms with Crippen molar-refractivity contribution in [1.29, 1.82) is 0 Å². The number of carbonyl (C=O) groups excluding carboxylic acids is 2. The number of hydrogen-bond acceptors (Lipinski definition) is 3. The van der Waals surface area contributed by atoms with Gasteiger partial charge in [-0.15, -0.1) is 0 Å². The summed E-state index contributed by atoms with van der Waals surface area (Å²) in [6, 6.07) is 14.4. The second-order valence-corrected chi connectivity index (χ2v) is 7.53. The van der Waals surface area contributed by atoms with E-state index >= 15 is 0 Å². The van der Waals surface area contributed by atoms with Crippen molar-refractivity contribution in [3.63, 3.8) is 0 Å². The summed E-state index contributed by atoms with van der Waals surface area (Å²) in [5, 5.41) is 5.96. The Bertz CT molecular complexity index is 809. The summed E-state index contributed by atoms with van der Waals surface area (Å²) < 4.78 is 5.64. The van der Waals surface area contributed by atoms with Crippen LogP contribution in [0.2, 0.25) is 0 Å². The molecule has 148 valence electrons. The minimum atomic E-state index is -0.214. The summed E-state index contributed by atoms with van der Waals surface area (Å²) in [5.41, 5.74) is 1.78. The van der Waals surface area contributed by atoms with Crippen LogP contribution in [0.3, 0.4) is 0 Å². The van der Waals surface area contributed by atoms with Crippen LogP contribution in [0.1, 0.15) is 66.7 Å². The Morgan fingerprint density at radius 1 is 0.929 bits per heavy atom. The minimum absolute atomic E-state index is 0.0469. The Labute approximate surface area is 166 Å². The predicted octanol–water partition coefficient (Wildman–Crippen LogP) is 4.79. The number of benzene rings is 2. The van der Waals surface area contributed by atoms with E-state index in [2.05, 4.69) is 10.6 Å². The van der Waals surface area contributed by atoms with Gasteiger partial charge in [-0.05, 0) is 69.2 Å². The number of anilines is 1. The Hall–Kier alpha value is -2.82. The third-order valence-electron chi connectivity index (χ3n) is 4.81. The third kappa shape index (κ3) is 5.59. The molecule has 0 heterocycles. The second-order valence-electron chi connectivity index (χ2n) is 7.53. The Balaban J connectivity index is 1.59. The lowest BCUT2D eigenvalue weighted by molar-refractivity contribution is 0.0927. The van der Waals surface area contributed by atoms with Gasteiger partial charge in [0.1, 0.15) is 5.75 Å². The smallest absolute Gasteiger partial charge is 0.255 e. The molecule has 1 aliphatic rings. The molecule has 0 unspecified atom stereocenters. The van der Waals surface area contributed by atoms with E-state index < -0.39 is 0 Å². The van der Waals surface area contributed by atoms with Crippen molar-refractivity contribution in [3.8, 4) is 5.75 Å². The first-order chi connectivity index (χ1) is 13.5. The lowest BCUT2D eigenvalue weighted by atomic mass is 9.95. The molecule has 2 N–H and O–H groups in total. The fraction of sp³-hybridized carbons (Fsp3) is 0.391. The van der Waals surface area contributed by atoms with Gasteiger partial charge < -0.3 is 15.4 Å². The van der Waals surface area contributed by atoms with E-state index in [1.807, 2.05) is 19.9 Å². The van der Waals surface area contributed by atoms with Gasteiger partial charge in [0.15, 0.2) is 0 Å². The van der Waals surface area contributed by atoms with Crippen molar-refractivity contribution in [2.75, 3.05) is 5.32 Å². The van der Waals surface area contributed by atoms with Gasteiger partial charge in [-0.1, -0.05) is 25.3 Å². The summed E-state index contributed by atoms with van der Waals surface area (Å²) in [6.45, 7) is 3.89. The molecule has 0 spiro atoms. The maximum atomic E-state index is 12.5. The van der Waals surface area contributed by atoms with Crippen LogP contribution >= 0.6 is 0 Å². The van der Waals surface area contributed by atoms with Gasteiger partial charge in [0, 0.05) is 22.9 Å². The molecule has 0 aromatic heterocycles. The summed E-state index contributed by atoms with van der Waals surface area (Å²) >= 11 is 0. The SMILES string of the molecule is CC(C)Oc1cccc(C(=O)Nc2ccc(C(=O)NC3CCCCC3)cc2)c1. The lowest BCUT2D eigenvalue weighted by Gasteiger charge is -2.22. The van der Waals surface area contributed by atoms with Gasteiger partial charge >= 0.3 is 0 Å². The molecule has 1 saturated carbocycles. The van der Waals surface area contributed by atoms with Crippen LogP contribution in [0, 0.1) is 0 Å². The molecule has 2 aromatic rings.